The van der Waals surface area contributed by atoms with Gasteiger partial charge in [0.2, 0.25) is 0 Å². The number of nitrogens with zero attached hydrogens (tertiary/aromatic N) is 3. The third-order valence-electron chi connectivity index (χ3n) is 5.19. The van der Waals surface area contributed by atoms with Gasteiger partial charge in [-0.3, -0.25) is 19.0 Å². The standard InChI is InChI=1S/C22H22ClN3O4S2/c1-4-30-21(29)18(12(2)27)32-22-24-19-17(15-8-9-25(3)11-16(15)31-19)20(28)26(22)14-7-5-6-13(23)10-14/h5-7,10,18H,4,8-9,11H2,1-3H3. The molecule has 1 aliphatic rings. The van der Waals surface area contributed by atoms with Crippen LogP contribution in [0.3, 0.4) is 0 Å². The highest BCUT2D eigenvalue weighted by Crippen LogP contribution is 2.35. The molecule has 168 valence electrons. The van der Waals surface area contributed by atoms with E-state index in [0.717, 1.165) is 41.7 Å². The van der Waals surface area contributed by atoms with Crippen molar-refractivity contribution in [3.63, 3.8) is 0 Å². The number of fused-ring (bicyclic) bond motifs is 3. The Morgan fingerprint density at radius 1 is 1.38 bits per heavy atom. The third kappa shape index (κ3) is 4.34. The first kappa shape index (κ1) is 23.0. The average Bonchev–Trinajstić information content (AvgIpc) is 3.09. The van der Waals surface area contributed by atoms with Crippen LogP contribution < -0.4 is 5.56 Å². The molecule has 0 saturated heterocycles. The monoisotopic (exact) mass is 491 g/mol. The third-order valence-corrected chi connectivity index (χ3v) is 7.78. The van der Waals surface area contributed by atoms with E-state index in [2.05, 4.69) is 4.90 Å². The molecule has 1 aromatic carbocycles. The van der Waals surface area contributed by atoms with Gasteiger partial charge in [-0.05, 0) is 51.1 Å². The number of hydrogen-bond acceptors (Lipinski definition) is 8. The molecule has 2 aromatic heterocycles. The van der Waals surface area contributed by atoms with E-state index in [1.54, 1.807) is 31.2 Å². The maximum absolute atomic E-state index is 13.8. The number of benzene rings is 1. The Kier molecular flexibility index (Phi) is 6.71. The Morgan fingerprint density at radius 2 is 2.16 bits per heavy atom. The molecule has 3 heterocycles. The quantitative estimate of drug-likeness (QED) is 0.225. The van der Waals surface area contributed by atoms with Crippen LogP contribution in [0, 0.1) is 0 Å². The number of rotatable bonds is 6. The summed E-state index contributed by atoms with van der Waals surface area (Å²) < 4.78 is 6.52. The molecule has 0 spiro atoms. The first-order valence-electron chi connectivity index (χ1n) is 10.2. The van der Waals surface area contributed by atoms with E-state index >= 15 is 0 Å². The smallest absolute Gasteiger partial charge is 0.327 e. The molecule has 1 unspecified atom stereocenters. The lowest BCUT2D eigenvalue weighted by Crippen LogP contribution is -2.30. The molecule has 10 heteroatoms. The van der Waals surface area contributed by atoms with Crippen molar-refractivity contribution in [1.29, 1.82) is 0 Å². The second-order valence-corrected chi connectivity index (χ2v) is 10.1. The van der Waals surface area contributed by atoms with Crippen LogP contribution in [-0.2, 0) is 27.3 Å². The van der Waals surface area contributed by atoms with Crippen LogP contribution in [0.2, 0.25) is 5.02 Å². The zero-order valence-corrected chi connectivity index (χ0v) is 20.3. The van der Waals surface area contributed by atoms with Crippen LogP contribution in [0.4, 0.5) is 0 Å². The number of carbonyl (C=O) groups excluding carboxylic acids is 2. The Morgan fingerprint density at radius 3 is 2.84 bits per heavy atom. The Hall–Kier alpha value is -2.20. The molecule has 0 aliphatic carbocycles. The molecular weight excluding hydrogens is 470 g/mol. The molecule has 0 radical (unpaired) electrons. The summed E-state index contributed by atoms with van der Waals surface area (Å²) >= 11 is 8.62. The molecule has 1 aliphatic heterocycles. The summed E-state index contributed by atoms with van der Waals surface area (Å²) in [4.78, 5) is 47.2. The fourth-order valence-corrected chi connectivity index (χ4v) is 6.21. The fourth-order valence-electron chi connectivity index (χ4n) is 3.69. The first-order valence-corrected chi connectivity index (χ1v) is 12.2. The number of thiophene rings is 1. The van der Waals surface area contributed by atoms with Crippen LogP contribution >= 0.6 is 34.7 Å². The van der Waals surface area contributed by atoms with Crippen molar-refractivity contribution in [2.75, 3.05) is 20.2 Å². The van der Waals surface area contributed by atoms with Gasteiger partial charge in [0.15, 0.2) is 16.2 Å². The van der Waals surface area contributed by atoms with Gasteiger partial charge in [-0.1, -0.05) is 29.4 Å². The normalized spacial score (nSPS) is 14.9. The van der Waals surface area contributed by atoms with E-state index in [9.17, 15) is 14.4 Å². The summed E-state index contributed by atoms with van der Waals surface area (Å²) in [5.41, 5.74) is 1.33. The molecule has 4 rings (SSSR count). The lowest BCUT2D eigenvalue weighted by Gasteiger charge is -2.22. The number of halogens is 1. The summed E-state index contributed by atoms with van der Waals surface area (Å²) in [5, 5.41) is 0.196. The van der Waals surface area contributed by atoms with Crippen molar-refractivity contribution >= 4 is 56.7 Å². The van der Waals surface area contributed by atoms with Gasteiger partial charge in [-0.15, -0.1) is 11.3 Å². The van der Waals surface area contributed by atoms with E-state index in [1.165, 1.54) is 22.8 Å². The average molecular weight is 492 g/mol. The van der Waals surface area contributed by atoms with E-state index in [4.69, 9.17) is 21.3 Å². The summed E-state index contributed by atoms with van der Waals surface area (Å²) in [6, 6.07) is 6.88. The molecule has 7 nitrogen and oxygen atoms in total. The minimum Gasteiger partial charge on any atom is -0.465 e. The minimum atomic E-state index is -1.12. The molecule has 0 fully saturated rings. The van der Waals surface area contributed by atoms with Gasteiger partial charge in [0.1, 0.15) is 4.83 Å². The predicted octanol–water partition coefficient (Wildman–Crippen LogP) is 3.70. The van der Waals surface area contributed by atoms with Crippen LogP contribution in [0.1, 0.15) is 24.3 Å². The van der Waals surface area contributed by atoms with E-state index in [1.807, 2.05) is 7.05 Å². The lowest BCUT2D eigenvalue weighted by atomic mass is 10.1. The van der Waals surface area contributed by atoms with Gasteiger partial charge in [0, 0.05) is 23.0 Å². The van der Waals surface area contributed by atoms with Crippen molar-refractivity contribution in [1.82, 2.24) is 14.5 Å². The topological polar surface area (TPSA) is 81.5 Å². The number of carbonyl (C=O) groups is 2. The SMILES string of the molecule is CCOC(=O)C(Sc1nc2sc3c(c2c(=O)n1-c1cccc(Cl)c1)CCN(C)C3)C(C)=O. The fraction of sp³-hybridized carbons (Fsp3) is 0.364. The number of thioether (sulfide) groups is 1. The molecule has 0 amide bonds. The van der Waals surface area contributed by atoms with E-state index in [0.29, 0.717) is 20.9 Å². The maximum atomic E-state index is 13.8. The Bertz CT molecular complexity index is 1270. The van der Waals surface area contributed by atoms with E-state index < -0.39 is 11.2 Å². The lowest BCUT2D eigenvalue weighted by molar-refractivity contribution is -0.144. The van der Waals surface area contributed by atoms with E-state index in [-0.39, 0.29) is 23.1 Å². The van der Waals surface area contributed by atoms with Gasteiger partial charge in [0.25, 0.3) is 5.56 Å². The number of ketones is 1. The predicted molar refractivity (Wildman–Crippen MR) is 127 cm³/mol. The molecule has 32 heavy (non-hydrogen) atoms. The van der Waals surface area contributed by atoms with Crippen molar-refractivity contribution < 1.29 is 14.3 Å². The zero-order chi connectivity index (χ0) is 23.0. The molecule has 3 aromatic rings. The minimum absolute atomic E-state index is 0.155. The number of Topliss-reactive ketones (excluding diaryl/α,β-unsaturated/α-hetero) is 1. The summed E-state index contributed by atoms with van der Waals surface area (Å²) in [6.45, 7) is 4.78. The van der Waals surface area contributed by atoms with Gasteiger partial charge in [0.05, 0.1) is 17.7 Å². The van der Waals surface area contributed by atoms with Crippen LogP contribution in [-0.4, -0.2) is 51.7 Å². The summed E-state index contributed by atoms with van der Waals surface area (Å²) in [6.07, 6.45) is 0.768. The number of esters is 1. The van der Waals surface area contributed by atoms with Crippen LogP contribution in [0.25, 0.3) is 15.9 Å². The maximum Gasteiger partial charge on any atom is 0.327 e. The van der Waals surface area contributed by atoms with Crippen molar-refractivity contribution in [2.24, 2.45) is 0 Å². The van der Waals surface area contributed by atoms with Gasteiger partial charge >= 0.3 is 5.97 Å². The molecular formula is C22H22ClN3O4S2. The van der Waals surface area contributed by atoms with Gasteiger partial charge < -0.3 is 9.64 Å². The van der Waals surface area contributed by atoms with Crippen LogP contribution in [0.5, 0.6) is 0 Å². The number of ether oxygens (including phenoxy) is 1. The second-order valence-electron chi connectivity index (χ2n) is 7.55. The highest BCUT2D eigenvalue weighted by atomic mass is 35.5. The van der Waals surface area contributed by atoms with Gasteiger partial charge in [-0.25, -0.2) is 4.98 Å². The second kappa shape index (κ2) is 9.35. The molecule has 0 bridgehead atoms. The zero-order valence-electron chi connectivity index (χ0n) is 17.9. The number of aromatic nitrogens is 2. The molecule has 0 N–H and O–H groups in total. The molecule has 1 atom stereocenters. The first-order chi connectivity index (χ1) is 15.3. The largest absolute Gasteiger partial charge is 0.465 e. The molecule has 0 saturated carbocycles. The van der Waals surface area contributed by atoms with Crippen LogP contribution in [0.15, 0.2) is 34.2 Å². The summed E-state index contributed by atoms with van der Waals surface area (Å²) in [5.74, 6) is -1.02. The number of hydrogen-bond donors (Lipinski definition) is 0. The van der Waals surface area contributed by atoms with Crippen molar-refractivity contribution in [3.8, 4) is 5.69 Å². The van der Waals surface area contributed by atoms with Crippen molar-refractivity contribution in [2.45, 2.75) is 37.2 Å². The highest BCUT2D eigenvalue weighted by molar-refractivity contribution is 8.01. The van der Waals surface area contributed by atoms with Crippen molar-refractivity contribution in [3.05, 3.63) is 50.1 Å². The highest BCUT2D eigenvalue weighted by Gasteiger charge is 2.30. The van der Waals surface area contributed by atoms with Gasteiger partial charge in [-0.2, -0.15) is 0 Å². The Balaban J connectivity index is 1.94. The summed E-state index contributed by atoms with van der Waals surface area (Å²) in [7, 11) is 2.04. The Labute approximate surface area is 198 Å². The number of likely N-dealkylation sites (N-methyl/N-ethyl adjacent to an activating group) is 1.